The SMILES string of the molecule is CC1(CNS(=O)(=O)c2cc(C(=O)O)n(C3CC3)c2)COC1. The molecule has 1 aliphatic heterocycles. The Balaban J connectivity index is 1.81. The molecule has 1 aromatic rings. The minimum Gasteiger partial charge on any atom is -0.477 e. The predicted molar refractivity (Wildman–Crippen MR) is 73.8 cm³/mol. The zero-order valence-electron chi connectivity index (χ0n) is 11.7. The van der Waals surface area contributed by atoms with Crippen LogP contribution in [0.15, 0.2) is 17.2 Å². The number of carbonyl (C=O) groups is 1. The summed E-state index contributed by atoms with van der Waals surface area (Å²) in [4.78, 5) is 11.2. The summed E-state index contributed by atoms with van der Waals surface area (Å²) < 4.78 is 33.8. The molecule has 0 spiro atoms. The van der Waals surface area contributed by atoms with Gasteiger partial charge in [0, 0.05) is 24.2 Å². The molecule has 0 radical (unpaired) electrons. The molecule has 21 heavy (non-hydrogen) atoms. The molecule has 0 aromatic carbocycles. The van der Waals surface area contributed by atoms with Crippen molar-refractivity contribution in [1.82, 2.24) is 9.29 Å². The van der Waals surface area contributed by atoms with Crippen molar-refractivity contribution in [2.45, 2.75) is 30.7 Å². The zero-order chi connectivity index (χ0) is 15.3. The van der Waals surface area contributed by atoms with Crippen LogP contribution < -0.4 is 4.72 Å². The van der Waals surface area contributed by atoms with Gasteiger partial charge in [-0.25, -0.2) is 17.9 Å². The van der Waals surface area contributed by atoms with Crippen LogP contribution in [0.3, 0.4) is 0 Å². The molecule has 3 rings (SSSR count). The fourth-order valence-electron chi connectivity index (χ4n) is 2.33. The van der Waals surface area contributed by atoms with E-state index in [0.29, 0.717) is 13.2 Å². The van der Waals surface area contributed by atoms with Gasteiger partial charge in [0.15, 0.2) is 0 Å². The summed E-state index contributed by atoms with van der Waals surface area (Å²) in [5.41, 5.74) is -0.155. The number of hydrogen-bond acceptors (Lipinski definition) is 4. The molecule has 7 nitrogen and oxygen atoms in total. The minimum atomic E-state index is -3.70. The van der Waals surface area contributed by atoms with Crippen LogP contribution in [0.2, 0.25) is 0 Å². The standard InChI is InChI=1S/C13H18N2O5S/c1-13(7-20-8-13)6-14-21(18,19)10-4-11(12(16)17)15(5-10)9-2-3-9/h4-5,9,14H,2-3,6-8H2,1H3,(H,16,17). The largest absolute Gasteiger partial charge is 0.477 e. The Bertz CT molecular complexity index is 671. The molecule has 8 heteroatoms. The average Bonchev–Trinajstić information content (AvgIpc) is 3.12. The molecule has 2 heterocycles. The monoisotopic (exact) mass is 314 g/mol. The van der Waals surface area contributed by atoms with E-state index < -0.39 is 16.0 Å². The van der Waals surface area contributed by atoms with Crippen molar-refractivity contribution in [2.75, 3.05) is 19.8 Å². The molecule has 0 bridgehead atoms. The van der Waals surface area contributed by atoms with E-state index in [0.717, 1.165) is 12.8 Å². The van der Waals surface area contributed by atoms with Crippen molar-refractivity contribution >= 4 is 16.0 Å². The number of aromatic nitrogens is 1. The van der Waals surface area contributed by atoms with Gasteiger partial charge >= 0.3 is 5.97 Å². The van der Waals surface area contributed by atoms with Gasteiger partial charge in [-0.1, -0.05) is 6.92 Å². The molecule has 0 unspecified atom stereocenters. The lowest BCUT2D eigenvalue weighted by molar-refractivity contribution is -0.0965. The molecule has 1 aromatic heterocycles. The van der Waals surface area contributed by atoms with Gasteiger partial charge in [0.25, 0.3) is 0 Å². The summed E-state index contributed by atoms with van der Waals surface area (Å²) >= 11 is 0. The Morgan fingerprint density at radius 1 is 1.52 bits per heavy atom. The first kappa shape index (κ1) is 14.6. The topological polar surface area (TPSA) is 97.6 Å². The highest BCUT2D eigenvalue weighted by atomic mass is 32.2. The molecule has 1 saturated carbocycles. The van der Waals surface area contributed by atoms with Crippen LogP contribution in [-0.2, 0) is 14.8 Å². The Hall–Kier alpha value is -1.38. The second kappa shape index (κ2) is 4.82. The van der Waals surface area contributed by atoms with Crippen molar-refractivity contribution in [3.05, 3.63) is 18.0 Å². The van der Waals surface area contributed by atoms with Crippen molar-refractivity contribution < 1.29 is 23.1 Å². The summed E-state index contributed by atoms with van der Waals surface area (Å²) in [7, 11) is -3.70. The van der Waals surface area contributed by atoms with Crippen LogP contribution in [0.4, 0.5) is 0 Å². The normalized spacial score (nSPS) is 21.0. The van der Waals surface area contributed by atoms with Crippen molar-refractivity contribution in [3.63, 3.8) is 0 Å². The maximum Gasteiger partial charge on any atom is 0.352 e. The Labute approximate surface area is 123 Å². The van der Waals surface area contributed by atoms with Gasteiger partial charge in [-0.05, 0) is 18.9 Å². The van der Waals surface area contributed by atoms with Crippen LogP contribution in [0.5, 0.6) is 0 Å². The molecular formula is C13H18N2O5S. The number of nitrogens with one attached hydrogen (secondary N) is 1. The van der Waals surface area contributed by atoms with Crippen LogP contribution in [0, 0.1) is 5.41 Å². The highest BCUT2D eigenvalue weighted by Gasteiger charge is 2.35. The van der Waals surface area contributed by atoms with Crippen LogP contribution in [-0.4, -0.2) is 43.8 Å². The van der Waals surface area contributed by atoms with E-state index in [9.17, 15) is 18.3 Å². The molecule has 2 fully saturated rings. The molecule has 1 saturated heterocycles. The van der Waals surface area contributed by atoms with Crippen LogP contribution in [0.1, 0.15) is 36.3 Å². The molecule has 0 amide bonds. The zero-order valence-corrected chi connectivity index (χ0v) is 12.5. The fraction of sp³-hybridized carbons (Fsp3) is 0.615. The van der Waals surface area contributed by atoms with Gasteiger partial charge < -0.3 is 14.4 Å². The van der Waals surface area contributed by atoms with E-state index in [4.69, 9.17) is 4.74 Å². The third kappa shape index (κ3) is 2.83. The summed E-state index contributed by atoms with van der Waals surface area (Å²) in [6.45, 7) is 3.28. The number of carboxylic acids is 1. The van der Waals surface area contributed by atoms with E-state index in [1.165, 1.54) is 12.3 Å². The molecule has 2 aliphatic rings. The average molecular weight is 314 g/mol. The van der Waals surface area contributed by atoms with Gasteiger partial charge in [0.2, 0.25) is 10.0 Å². The van der Waals surface area contributed by atoms with E-state index in [1.54, 1.807) is 4.57 Å². The summed E-state index contributed by atoms with van der Waals surface area (Å²) in [5.74, 6) is -1.11. The third-order valence-electron chi connectivity index (χ3n) is 3.88. The molecule has 0 atom stereocenters. The Morgan fingerprint density at radius 2 is 2.19 bits per heavy atom. The summed E-state index contributed by atoms with van der Waals surface area (Å²) in [6.07, 6.45) is 3.19. The molecule has 116 valence electrons. The van der Waals surface area contributed by atoms with Gasteiger partial charge in [-0.2, -0.15) is 0 Å². The number of hydrogen-bond donors (Lipinski definition) is 2. The lowest BCUT2D eigenvalue weighted by atomic mass is 9.89. The quantitative estimate of drug-likeness (QED) is 0.811. The van der Waals surface area contributed by atoms with Gasteiger partial charge in [0.05, 0.1) is 13.2 Å². The van der Waals surface area contributed by atoms with Gasteiger partial charge in [-0.15, -0.1) is 0 Å². The predicted octanol–water partition coefficient (Wildman–Crippen LogP) is 0.836. The van der Waals surface area contributed by atoms with Crippen LogP contribution in [0.25, 0.3) is 0 Å². The molecule has 2 N–H and O–H groups in total. The third-order valence-corrected chi connectivity index (χ3v) is 5.25. The second-order valence-corrected chi connectivity index (χ2v) is 7.90. The van der Waals surface area contributed by atoms with Crippen LogP contribution >= 0.6 is 0 Å². The van der Waals surface area contributed by atoms with Crippen molar-refractivity contribution in [1.29, 1.82) is 0 Å². The number of ether oxygens (including phenoxy) is 1. The Morgan fingerprint density at radius 3 is 2.67 bits per heavy atom. The minimum absolute atomic E-state index is 0.00985. The smallest absolute Gasteiger partial charge is 0.352 e. The van der Waals surface area contributed by atoms with Crippen molar-refractivity contribution in [2.24, 2.45) is 5.41 Å². The van der Waals surface area contributed by atoms with E-state index in [-0.39, 0.29) is 28.6 Å². The first-order chi connectivity index (χ1) is 9.81. The second-order valence-electron chi connectivity index (χ2n) is 6.13. The van der Waals surface area contributed by atoms with Gasteiger partial charge in [-0.3, -0.25) is 0 Å². The first-order valence-corrected chi connectivity index (χ1v) is 8.32. The number of rotatable bonds is 6. The number of aromatic carboxylic acids is 1. The maximum atomic E-state index is 12.3. The summed E-state index contributed by atoms with van der Waals surface area (Å²) in [6, 6.07) is 1.33. The number of carboxylic acid groups (broad SMARTS) is 1. The number of nitrogens with zero attached hydrogens (tertiary/aromatic N) is 1. The van der Waals surface area contributed by atoms with E-state index >= 15 is 0 Å². The Kier molecular flexibility index (Phi) is 3.34. The highest BCUT2D eigenvalue weighted by molar-refractivity contribution is 7.89. The summed E-state index contributed by atoms with van der Waals surface area (Å²) in [5, 5.41) is 9.18. The highest BCUT2D eigenvalue weighted by Crippen LogP contribution is 2.37. The van der Waals surface area contributed by atoms with Crippen molar-refractivity contribution in [3.8, 4) is 0 Å². The van der Waals surface area contributed by atoms with E-state index in [1.807, 2.05) is 6.92 Å². The van der Waals surface area contributed by atoms with E-state index in [2.05, 4.69) is 4.72 Å². The lowest BCUT2D eigenvalue weighted by Gasteiger charge is -2.37. The molecule has 1 aliphatic carbocycles. The fourth-order valence-corrected chi connectivity index (χ4v) is 3.56. The molecular weight excluding hydrogens is 296 g/mol. The number of sulfonamides is 1. The lowest BCUT2D eigenvalue weighted by Crippen LogP contribution is -2.48. The van der Waals surface area contributed by atoms with Gasteiger partial charge in [0.1, 0.15) is 10.6 Å². The first-order valence-electron chi connectivity index (χ1n) is 6.83. The maximum absolute atomic E-state index is 12.3.